The summed E-state index contributed by atoms with van der Waals surface area (Å²) in [5.74, 6) is 0.986. The molecular weight excluding hydrogens is 234 g/mol. The highest BCUT2D eigenvalue weighted by atomic mass is 15.0. The Kier molecular flexibility index (Phi) is 4.38. The van der Waals surface area contributed by atoms with Gasteiger partial charge in [-0.25, -0.2) is 4.98 Å². The first-order valence-electron chi connectivity index (χ1n) is 6.94. The lowest BCUT2D eigenvalue weighted by Crippen LogP contribution is -2.25. The average Bonchev–Trinajstić information content (AvgIpc) is 2.89. The summed E-state index contributed by atoms with van der Waals surface area (Å²) in [5, 5.41) is 3.58. The third-order valence-corrected chi connectivity index (χ3v) is 3.58. The van der Waals surface area contributed by atoms with E-state index in [1.165, 1.54) is 22.3 Å². The highest BCUT2D eigenvalue weighted by Gasteiger charge is 2.18. The van der Waals surface area contributed by atoms with Gasteiger partial charge < -0.3 is 10.3 Å². The number of benzene rings is 1. The molecule has 1 atom stereocenters. The number of aryl methyl sites for hydroxylation is 3. The van der Waals surface area contributed by atoms with E-state index >= 15 is 0 Å². The maximum absolute atomic E-state index is 4.42. The first-order chi connectivity index (χ1) is 9.13. The summed E-state index contributed by atoms with van der Waals surface area (Å²) in [6, 6.07) is 4.68. The molecule has 0 aliphatic rings. The topological polar surface area (TPSA) is 40.7 Å². The zero-order valence-corrected chi connectivity index (χ0v) is 12.2. The lowest BCUT2D eigenvalue weighted by Gasteiger charge is -2.20. The highest BCUT2D eigenvalue weighted by molar-refractivity contribution is 5.40. The number of aromatic amines is 1. The van der Waals surface area contributed by atoms with Crippen molar-refractivity contribution in [1.82, 2.24) is 15.3 Å². The van der Waals surface area contributed by atoms with Crippen LogP contribution in [0.15, 0.2) is 24.5 Å². The zero-order valence-electron chi connectivity index (χ0n) is 12.2. The quantitative estimate of drug-likeness (QED) is 0.861. The molecule has 0 saturated heterocycles. The van der Waals surface area contributed by atoms with Crippen molar-refractivity contribution in [1.29, 1.82) is 0 Å². The van der Waals surface area contributed by atoms with E-state index in [-0.39, 0.29) is 6.04 Å². The Balaban J connectivity index is 2.40. The van der Waals surface area contributed by atoms with E-state index in [4.69, 9.17) is 0 Å². The van der Waals surface area contributed by atoms with Gasteiger partial charge in [0.25, 0.3) is 0 Å². The van der Waals surface area contributed by atoms with Crippen LogP contribution in [0.2, 0.25) is 0 Å². The second-order valence-electron chi connectivity index (χ2n) is 5.15. The molecule has 1 unspecified atom stereocenters. The summed E-state index contributed by atoms with van der Waals surface area (Å²) in [6.45, 7) is 9.66. The molecule has 1 heterocycles. The maximum atomic E-state index is 4.42. The number of nitrogens with zero attached hydrogens (tertiary/aromatic N) is 1. The highest BCUT2D eigenvalue weighted by Crippen LogP contribution is 2.25. The van der Waals surface area contributed by atoms with Crippen molar-refractivity contribution in [3.05, 3.63) is 52.6 Å². The standard InChI is InChI=1S/C16H23N3/c1-5-6-17-15(16-18-7-8-19-16)14-10-12(3)11(2)9-13(14)4/h7-10,15,17H,5-6H2,1-4H3,(H,18,19). The van der Waals surface area contributed by atoms with Crippen molar-refractivity contribution >= 4 is 0 Å². The van der Waals surface area contributed by atoms with Crippen LogP contribution in [0.1, 0.15) is 47.5 Å². The normalized spacial score (nSPS) is 12.6. The fourth-order valence-electron chi connectivity index (χ4n) is 2.37. The fourth-order valence-corrected chi connectivity index (χ4v) is 2.37. The van der Waals surface area contributed by atoms with Crippen LogP contribution >= 0.6 is 0 Å². The molecule has 19 heavy (non-hydrogen) atoms. The first-order valence-corrected chi connectivity index (χ1v) is 6.94. The van der Waals surface area contributed by atoms with Crippen molar-refractivity contribution < 1.29 is 0 Å². The van der Waals surface area contributed by atoms with Gasteiger partial charge in [0.1, 0.15) is 5.82 Å². The first kappa shape index (κ1) is 13.8. The van der Waals surface area contributed by atoms with Gasteiger partial charge in [-0.3, -0.25) is 0 Å². The van der Waals surface area contributed by atoms with Gasteiger partial charge in [-0.2, -0.15) is 0 Å². The van der Waals surface area contributed by atoms with E-state index in [1.807, 2.05) is 12.4 Å². The molecule has 2 rings (SSSR count). The average molecular weight is 257 g/mol. The van der Waals surface area contributed by atoms with Crippen molar-refractivity contribution in [2.45, 2.75) is 40.2 Å². The molecule has 0 radical (unpaired) electrons. The van der Waals surface area contributed by atoms with Gasteiger partial charge in [0.15, 0.2) is 0 Å². The van der Waals surface area contributed by atoms with Crippen LogP contribution in [0.3, 0.4) is 0 Å². The van der Waals surface area contributed by atoms with Gasteiger partial charge >= 0.3 is 0 Å². The van der Waals surface area contributed by atoms with E-state index in [1.54, 1.807) is 0 Å². The zero-order chi connectivity index (χ0) is 13.8. The van der Waals surface area contributed by atoms with Crippen molar-refractivity contribution in [2.75, 3.05) is 6.54 Å². The van der Waals surface area contributed by atoms with Crippen LogP contribution in [-0.4, -0.2) is 16.5 Å². The van der Waals surface area contributed by atoms with Crippen molar-refractivity contribution in [2.24, 2.45) is 0 Å². The summed E-state index contributed by atoms with van der Waals surface area (Å²) in [4.78, 5) is 7.65. The number of H-pyrrole nitrogens is 1. The predicted molar refractivity (Wildman–Crippen MR) is 79.4 cm³/mol. The molecule has 3 nitrogen and oxygen atoms in total. The second-order valence-corrected chi connectivity index (χ2v) is 5.15. The molecule has 0 aliphatic carbocycles. The van der Waals surface area contributed by atoms with Crippen molar-refractivity contribution in [3.8, 4) is 0 Å². The number of imidazole rings is 1. The Morgan fingerprint density at radius 3 is 2.53 bits per heavy atom. The largest absolute Gasteiger partial charge is 0.347 e. The molecule has 2 aromatic rings. The van der Waals surface area contributed by atoms with Crippen LogP contribution in [0, 0.1) is 20.8 Å². The minimum Gasteiger partial charge on any atom is -0.347 e. The number of rotatable bonds is 5. The lowest BCUT2D eigenvalue weighted by atomic mass is 9.95. The molecule has 0 aliphatic heterocycles. The summed E-state index contributed by atoms with van der Waals surface area (Å²) in [6.07, 6.45) is 4.81. The summed E-state index contributed by atoms with van der Waals surface area (Å²) >= 11 is 0. The SMILES string of the molecule is CCCNC(c1ncc[nH]1)c1cc(C)c(C)cc1C. The summed E-state index contributed by atoms with van der Waals surface area (Å²) in [7, 11) is 0. The summed E-state index contributed by atoms with van der Waals surface area (Å²) < 4.78 is 0. The molecule has 0 saturated carbocycles. The van der Waals surface area contributed by atoms with Crippen LogP contribution in [0.4, 0.5) is 0 Å². The van der Waals surface area contributed by atoms with Gasteiger partial charge in [-0.05, 0) is 56.0 Å². The molecule has 2 N–H and O–H groups in total. The molecule has 0 bridgehead atoms. The van der Waals surface area contributed by atoms with Crippen LogP contribution in [-0.2, 0) is 0 Å². The van der Waals surface area contributed by atoms with Gasteiger partial charge in [-0.15, -0.1) is 0 Å². The minimum atomic E-state index is 0.147. The molecular formula is C16H23N3. The molecule has 0 fully saturated rings. The molecule has 1 aromatic carbocycles. The fraction of sp³-hybridized carbons (Fsp3) is 0.438. The number of hydrogen-bond donors (Lipinski definition) is 2. The van der Waals surface area contributed by atoms with Crippen LogP contribution in [0.25, 0.3) is 0 Å². The molecule has 3 heteroatoms. The van der Waals surface area contributed by atoms with Gasteiger partial charge in [0.2, 0.25) is 0 Å². The third kappa shape index (κ3) is 3.04. The van der Waals surface area contributed by atoms with Gasteiger partial charge in [0, 0.05) is 12.4 Å². The van der Waals surface area contributed by atoms with Gasteiger partial charge in [0.05, 0.1) is 6.04 Å². The second kappa shape index (κ2) is 6.02. The minimum absolute atomic E-state index is 0.147. The Morgan fingerprint density at radius 1 is 1.16 bits per heavy atom. The van der Waals surface area contributed by atoms with Gasteiger partial charge in [-0.1, -0.05) is 19.1 Å². The van der Waals surface area contributed by atoms with E-state index in [0.717, 1.165) is 18.8 Å². The number of hydrogen-bond acceptors (Lipinski definition) is 2. The Morgan fingerprint density at radius 2 is 1.89 bits per heavy atom. The van der Waals surface area contributed by atoms with E-state index in [2.05, 4.69) is 55.1 Å². The number of nitrogens with one attached hydrogen (secondary N) is 2. The lowest BCUT2D eigenvalue weighted by molar-refractivity contribution is 0.574. The van der Waals surface area contributed by atoms with E-state index in [0.29, 0.717) is 0 Å². The third-order valence-electron chi connectivity index (χ3n) is 3.58. The van der Waals surface area contributed by atoms with Crippen LogP contribution < -0.4 is 5.32 Å². The molecule has 1 aromatic heterocycles. The van der Waals surface area contributed by atoms with Crippen LogP contribution in [0.5, 0.6) is 0 Å². The Labute approximate surface area is 115 Å². The van der Waals surface area contributed by atoms with E-state index in [9.17, 15) is 0 Å². The Bertz CT molecular complexity index is 529. The molecule has 102 valence electrons. The maximum Gasteiger partial charge on any atom is 0.127 e. The van der Waals surface area contributed by atoms with E-state index < -0.39 is 0 Å². The summed E-state index contributed by atoms with van der Waals surface area (Å²) in [5.41, 5.74) is 5.30. The monoisotopic (exact) mass is 257 g/mol. The predicted octanol–water partition coefficient (Wildman–Crippen LogP) is 3.42. The molecule has 0 amide bonds. The van der Waals surface area contributed by atoms with Crippen molar-refractivity contribution in [3.63, 3.8) is 0 Å². The number of aromatic nitrogens is 2. The Hall–Kier alpha value is -1.61. The smallest absolute Gasteiger partial charge is 0.127 e. The molecule has 0 spiro atoms.